The summed E-state index contributed by atoms with van der Waals surface area (Å²) < 4.78 is 27.0. The molecule has 1 aliphatic rings. The lowest BCUT2D eigenvalue weighted by molar-refractivity contribution is -0.125. The number of fused-ring (bicyclic) bond motifs is 1. The molecule has 230 valence electrons. The number of ether oxygens (including phenoxy) is 2. The van der Waals surface area contributed by atoms with Gasteiger partial charge in [0.05, 0.1) is 18.3 Å². The number of carbonyl (C=O) groups excluding carboxylic acids is 1. The summed E-state index contributed by atoms with van der Waals surface area (Å²) in [5.74, 6) is 1.20. The maximum atomic E-state index is 15.2. The third kappa shape index (κ3) is 7.74. The Morgan fingerprint density at radius 2 is 1.82 bits per heavy atom. The number of hydrogen-bond acceptors (Lipinski definition) is 6. The van der Waals surface area contributed by atoms with E-state index in [2.05, 4.69) is 34.9 Å². The average molecular weight is 597 g/mol. The number of piperidine rings is 1. The number of pyridine rings is 1. The van der Waals surface area contributed by atoms with Gasteiger partial charge in [0, 0.05) is 36.9 Å². The monoisotopic (exact) mass is 596 g/mol. The molecule has 1 fully saturated rings. The van der Waals surface area contributed by atoms with Crippen LogP contribution in [0.5, 0.6) is 17.2 Å². The van der Waals surface area contributed by atoms with Crippen molar-refractivity contribution in [3.8, 4) is 17.2 Å². The number of aryl methyl sites for hydroxylation is 1. The highest BCUT2D eigenvalue weighted by molar-refractivity contribution is 5.95. The van der Waals surface area contributed by atoms with Crippen LogP contribution in [-0.2, 0) is 17.6 Å². The van der Waals surface area contributed by atoms with Gasteiger partial charge in [0.1, 0.15) is 11.5 Å². The minimum atomic E-state index is -0.570. The zero-order chi connectivity index (χ0) is 31.1. The first-order valence-electron chi connectivity index (χ1n) is 15.2. The van der Waals surface area contributed by atoms with Crippen LogP contribution in [0.15, 0.2) is 85.2 Å². The fourth-order valence-electron chi connectivity index (χ4n) is 5.66. The van der Waals surface area contributed by atoms with Gasteiger partial charge in [-0.1, -0.05) is 36.9 Å². The number of nitrogens with zero attached hydrogens (tertiary/aromatic N) is 3. The van der Waals surface area contributed by atoms with E-state index in [1.54, 1.807) is 37.4 Å². The van der Waals surface area contributed by atoms with Crippen LogP contribution in [0.25, 0.3) is 10.9 Å². The van der Waals surface area contributed by atoms with E-state index in [1.807, 2.05) is 36.4 Å². The van der Waals surface area contributed by atoms with Gasteiger partial charge in [-0.3, -0.25) is 9.78 Å². The molecule has 0 radical (unpaired) electrons. The lowest BCUT2D eigenvalue weighted by atomic mass is 9.90. The summed E-state index contributed by atoms with van der Waals surface area (Å²) in [5, 5.41) is 3.67. The third-order valence-electron chi connectivity index (χ3n) is 8.39. The Kier molecular flexibility index (Phi) is 10.1. The number of methoxy groups -OCH3 is 1. The van der Waals surface area contributed by atoms with E-state index in [1.165, 1.54) is 25.0 Å². The number of halogens is 1. The summed E-state index contributed by atoms with van der Waals surface area (Å²) in [6, 6.07) is 20.2. The van der Waals surface area contributed by atoms with Gasteiger partial charge in [-0.2, -0.15) is 0 Å². The molecule has 1 N–H and O–H groups in total. The van der Waals surface area contributed by atoms with E-state index in [-0.39, 0.29) is 17.4 Å². The molecular weight excluding hydrogens is 555 g/mol. The summed E-state index contributed by atoms with van der Waals surface area (Å²) in [5.41, 5.74) is 3.59. The summed E-state index contributed by atoms with van der Waals surface area (Å²) in [6.45, 7) is 6.70. The van der Waals surface area contributed by atoms with Gasteiger partial charge >= 0.3 is 0 Å². The van der Waals surface area contributed by atoms with Crippen LogP contribution < -0.4 is 14.8 Å². The highest BCUT2D eigenvalue weighted by atomic mass is 19.1. The molecule has 3 aromatic carbocycles. The molecule has 1 aliphatic heterocycles. The maximum absolute atomic E-state index is 15.2. The van der Waals surface area contributed by atoms with Crippen molar-refractivity contribution in [2.45, 2.75) is 32.1 Å². The highest BCUT2D eigenvalue weighted by Gasteiger charge is 2.19. The molecule has 0 unspecified atom stereocenters. The van der Waals surface area contributed by atoms with E-state index in [4.69, 9.17) is 9.47 Å². The molecule has 0 bridgehead atoms. The van der Waals surface area contributed by atoms with Crippen LogP contribution in [0, 0.1) is 11.7 Å². The zero-order valence-corrected chi connectivity index (χ0v) is 25.8. The van der Waals surface area contributed by atoms with Gasteiger partial charge in [-0.25, -0.2) is 4.39 Å². The van der Waals surface area contributed by atoms with Crippen molar-refractivity contribution in [3.05, 3.63) is 102 Å². The second-order valence-electron chi connectivity index (χ2n) is 11.6. The lowest BCUT2D eigenvalue weighted by Gasteiger charge is -2.29. The lowest BCUT2D eigenvalue weighted by Crippen LogP contribution is -2.32. The van der Waals surface area contributed by atoms with Crippen molar-refractivity contribution in [2.24, 2.45) is 5.92 Å². The molecule has 1 aromatic heterocycles. The Hall–Kier alpha value is -4.43. The molecule has 0 saturated carbocycles. The van der Waals surface area contributed by atoms with E-state index >= 15 is 4.39 Å². The number of carbonyl (C=O) groups is 1. The minimum Gasteiger partial charge on any atom is -0.496 e. The molecule has 44 heavy (non-hydrogen) atoms. The number of likely N-dealkylation sites (N-methyl/N-ethyl adjacent to an activating group) is 1. The van der Waals surface area contributed by atoms with Gasteiger partial charge in [-0.05, 0) is 99.6 Å². The smallest absolute Gasteiger partial charge is 0.269 e. The molecule has 5 rings (SSSR count). The predicted molar refractivity (Wildman–Crippen MR) is 174 cm³/mol. The van der Waals surface area contributed by atoms with E-state index in [9.17, 15) is 4.79 Å². The Balaban J connectivity index is 1.23. The SMILES string of the molecule is C=C(Nc1ccc(Oc2ccnc3cc(CCC4CCN(C)CC4)c(OC)cc23)c(F)c1)C(=O)N(C)CCc1ccccc1. The van der Waals surface area contributed by atoms with Gasteiger partial charge in [0.2, 0.25) is 0 Å². The summed E-state index contributed by atoms with van der Waals surface area (Å²) >= 11 is 0. The molecule has 1 saturated heterocycles. The maximum Gasteiger partial charge on any atom is 0.269 e. The van der Waals surface area contributed by atoms with Crippen LogP contribution in [0.3, 0.4) is 0 Å². The first-order chi connectivity index (χ1) is 21.3. The topological polar surface area (TPSA) is 66.9 Å². The first kappa shape index (κ1) is 31.0. The molecule has 8 heteroatoms. The van der Waals surface area contributed by atoms with Crippen molar-refractivity contribution >= 4 is 22.5 Å². The van der Waals surface area contributed by atoms with E-state index in [0.29, 0.717) is 23.9 Å². The number of aromatic nitrogens is 1. The zero-order valence-electron chi connectivity index (χ0n) is 25.8. The second-order valence-corrected chi connectivity index (χ2v) is 11.6. The number of nitrogens with one attached hydrogen (secondary N) is 1. The predicted octanol–water partition coefficient (Wildman–Crippen LogP) is 7.08. The summed E-state index contributed by atoms with van der Waals surface area (Å²) in [7, 11) is 5.57. The highest BCUT2D eigenvalue weighted by Crippen LogP contribution is 2.36. The van der Waals surface area contributed by atoms with Crippen molar-refractivity contribution in [1.29, 1.82) is 0 Å². The first-order valence-corrected chi connectivity index (χ1v) is 15.2. The number of amides is 1. The Labute approximate surface area is 259 Å². The summed E-state index contributed by atoms with van der Waals surface area (Å²) in [6.07, 6.45) is 6.87. The largest absolute Gasteiger partial charge is 0.496 e. The molecule has 4 aromatic rings. The Morgan fingerprint density at radius 3 is 2.55 bits per heavy atom. The Bertz CT molecular complexity index is 1600. The van der Waals surface area contributed by atoms with Gasteiger partial charge < -0.3 is 24.6 Å². The summed E-state index contributed by atoms with van der Waals surface area (Å²) in [4.78, 5) is 21.4. The molecule has 0 atom stereocenters. The van der Waals surface area contributed by atoms with Crippen LogP contribution in [0.4, 0.5) is 10.1 Å². The van der Waals surface area contributed by atoms with Crippen LogP contribution in [0.1, 0.15) is 30.4 Å². The molecular formula is C36H41FN4O3. The van der Waals surface area contributed by atoms with Crippen LogP contribution in [0.2, 0.25) is 0 Å². The van der Waals surface area contributed by atoms with Crippen molar-refractivity contribution < 1.29 is 18.7 Å². The third-order valence-corrected chi connectivity index (χ3v) is 8.39. The normalized spacial score (nSPS) is 13.9. The minimum absolute atomic E-state index is 0.0604. The number of likely N-dealkylation sites (tertiary alicyclic amines) is 1. The van der Waals surface area contributed by atoms with Gasteiger partial charge in [0.15, 0.2) is 11.6 Å². The van der Waals surface area contributed by atoms with Gasteiger partial charge in [0.25, 0.3) is 5.91 Å². The quantitative estimate of drug-likeness (QED) is 0.176. The van der Waals surface area contributed by atoms with E-state index < -0.39 is 5.82 Å². The number of hydrogen-bond donors (Lipinski definition) is 1. The Morgan fingerprint density at radius 1 is 1.05 bits per heavy atom. The van der Waals surface area contributed by atoms with E-state index in [0.717, 1.165) is 60.1 Å². The number of anilines is 1. The molecule has 1 amide bonds. The molecule has 0 aliphatic carbocycles. The fraction of sp³-hybridized carbons (Fsp3) is 0.333. The number of rotatable bonds is 12. The van der Waals surface area contributed by atoms with Crippen LogP contribution >= 0.6 is 0 Å². The second kappa shape index (κ2) is 14.4. The molecule has 7 nitrogen and oxygen atoms in total. The average Bonchev–Trinajstić information content (AvgIpc) is 3.04. The number of benzene rings is 3. The van der Waals surface area contributed by atoms with Crippen LogP contribution in [-0.4, -0.2) is 61.5 Å². The van der Waals surface area contributed by atoms with Crippen molar-refractivity contribution in [3.63, 3.8) is 0 Å². The molecule has 2 heterocycles. The van der Waals surface area contributed by atoms with Crippen molar-refractivity contribution in [2.75, 3.05) is 46.2 Å². The molecule has 0 spiro atoms. The fourth-order valence-corrected chi connectivity index (χ4v) is 5.66. The van der Waals surface area contributed by atoms with Crippen molar-refractivity contribution in [1.82, 2.24) is 14.8 Å². The standard InChI is InChI=1S/C36H41FN4O3/c1-25(36(42)41(3)21-17-26-8-6-5-7-9-26)39-29-12-13-34(31(37)23-29)44-33-14-18-38-32-22-28(35(43-4)24-30(32)33)11-10-27-15-19-40(2)20-16-27/h5-9,12-14,18,22-24,27,39H,1,10-11,15-17,19-21H2,2-4H3. The van der Waals surface area contributed by atoms with Gasteiger partial charge in [-0.15, -0.1) is 0 Å².